The van der Waals surface area contributed by atoms with E-state index in [1.165, 1.54) is 25.7 Å². The lowest BCUT2D eigenvalue weighted by Crippen LogP contribution is -2.33. The fourth-order valence-corrected chi connectivity index (χ4v) is 2.81. The molecular formula is C14H19IN2O. The third-order valence-electron chi connectivity index (χ3n) is 3.17. The highest BCUT2D eigenvalue weighted by Crippen LogP contribution is 2.13. The van der Waals surface area contributed by atoms with E-state index in [0.717, 1.165) is 22.3 Å². The number of hydrogen-bond acceptors (Lipinski definition) is 2. The maximum Gasteiger partial charge on any atom is 0.238 e. The highest BCUT2D eigenvalue weighted by molar-refractivity contribution is 14.1. The van der Waals surface area contributed by atoms with Gasteiger partial charge in [0, 0.05) is 9.26 Å². The Balaban J connectivity index is 1.84. The molecule has 4 heteroatoms. The van der Waals surface area contributed by atoms with Gasteiger partial charge in [-0.1, -0.05) is 18.9 Å². The van der Waals surface area contributed by atoms with Crippen molar-refractivity contribution in [3.8, 4) is 0 Å². The first kappa shape index (κ1) is 13.8. The first-order valence-corrected chi connectivity index (χ1v) is 7.60. The summed E-state index contributed by atoms with van der Waals surface area (Å²) in [5.41, 5.74) is 0.890. The zero-order valence-corrected chi connectivity index (χ0v) is 12.7. The Kier molecular flexibility index (Phi) is 5.44. The molecule has 0 unspecified atom stereocenters. The number of carbonyl (C=O) groups is 1. The number of nitrogens with zero attached hydrogens (tertiary/aromatic N) is 1. The second kappa shape index (κ2) is 7.09. The van der Waals surface area contributed by atoms with E-state index in [1.807, 2.05) is 24.3 Å². The second-order valence-electron chi connectivity index (χ2n) is 4.75. The molecule has 0 aliphatic carbocycles. The summed E-state index contributed by atoms with van der Waals surface area (Å²) in [6.07, 6.45) is 5.04. The van der Waals surface area contributed by atoms with Gasteiger partial charge >= 0.3 is 0 Å². The van der Waals surface area contributed by atoms with Crippen LogP contribution >= 0.6 is 22.6 Å². The minimum atomic E-state index is 0.0962. The van der Waals surface area contributed by atoms with Gasteiger partial charge in [0.25, 0.3) is 0 Å². The maximum atomic E-state index is 11.9. The second-order valence-corrected chi connectivity index (χ2v) is 5.99. The van der Waals surface area contributed by atoms with E-state index < -0.39 is 0 Å². The Labute approximate surface area is 122 Å². The number of benzene rings is 1. The first-order chi connectivity index (χ1) is 8.74. The fraction of sp³-hybridized carbons (Fsp3) is 0.500. The van der Waals surface area contributed by atoms with Gasteiger partial charge in [0.2, 0.25) is 5.91 Å². The molecule has 0 spiro atoms. The van der Waals surface area contributed by atoms with Crippen LogP contribution in [0.25, 0.3) is 0 Å². The number of halogens is 1. The van der Waals surface area contributed by atoms with Crippen molar-refractivity contribution in [1.29, 1.82) is 0 Å². The van der Waals surface area contributed by atoms with E-state index in [1.54, 1.807) is 0 Å². The number of carbonyl (C=O) groups excluding carboxylic acids is 1. The minimum absolute atomic E-state index is 0.0962. The van der Waals surface area contributed by atoms with Gasteiger partial charge in [-0.05, 0) is 66.7 Å². The van der Waals surface area contributed by atoms with Crippen LogP contribution in [-0.2, 0) is 4.79 Å². The van der Waals surface area contributed by atoms with Crippen molar-refractivity contribution in [1.82, 2.24) is 4.90 Å². The number of nitrogens with one attached hydrogen (secondary N) is 1. The van der Waals surface area contributed by atoms with Crippen molar-refractivity contribution in [3.63, 3.8) is 0 Å². The Morgan fingerprint density at radius 1 is 1.22 bits per heavy atom. The van der Waals surface area contributed by atoms with Gasteiger partial charge in [-0.2, -0.15) is 0 Å². The SMILES string of the molecule is O=C(CN1CCCCCC1)Nc1cccc(I)c1. The smallest absolute Gasteiger partial charge is 0.238 e. The normalized spacial score (nSPS) is 17.2. The minimum Gasteiger partial charge on any atom is -0.325 e. The van der Waals surface area contributed by atoms with Crippen molar-refractivity contribution < 1.29 is 4.79 Å². The van der Waals surface area contributed by atoms with Crippen LogP contribution in [0.3, 0.4) is 0 Å². The fourth-order valence-electron chi connectivity index (χ4n) is 2.26. The van der Waals surface area contributed by atoms with E-state index >= 15 is 0 Å². The average molecular weight is 358 g/mol. The lowest BCUT2D eigenvalue weighted by atomic mass is 10.2. The molecule has 0 atom stereocenters. The molecule has 1 aliphatic heterocycles. The molecule has 1 amide bonds. The molecule has 0 bridgehead atoms. The number of hydrogen-bond donors (Lipinski definition) is 1. The lowest BCUT2D eigenvalue weighted by Gasteiger charge is -2.18. The number of rotatable bonds is 3. The molecule has 1 heterocycles. The van der Waals surface area contributed by atoms with E-state index in [0.29, 0.717) is 6.54 Å². The third-order valence-corrected chi connectivity index (χ3v) is 3.85. The van der Waals surface area contributed by atoms with Gasteiger partial charge in [0.1, 0.15) is 0 Å². The Morgan fingerprint density at radius 3 is 2.61 bits per heavy atom. The standard InChI is InChI=1S/C14H19IN2O/c15-12-6-5-7-13(10-12)16-14(18)11-17-8-3-1-2-4-9-17/h5-7,10H,1-4,8-9,11H2,(H,16,18). The summed E-state index contributed by atoms with van der Waals surface area (Å²) in [6, 6.07) is 7.90. The Bertz CT molecular complexity index is 401. The monoisotopic (exact) mass is 358 g/mol. The van der Waals surface area contributed by atoms with Crippen molar-refractivity contribution in [2.24, 2.45) is 0 Å². The predicted octanol–water partition coefficient (Wildman–Crippen LogP) is 3.11. The molecule has 2 rings (SSSR count). The zero-order chi connectivity index (χ0) is 12.8. The van der Waals surface area contributed by atoms with Gasteiger partial charge < -0.3 is 5.32 Å². The molecule has 0 aromatic heterocycles. The lowest BCUT2D eigenvalue weighted by molar-refractivity contribution is -0.117. The summed E-state index contributed by atoms with van der Waals surface area (Å²) in [5.74, 6) is 0.0962. The highest BCUT2D eigenvalue weighted by atomic mass is 127. The average Bonchev–Trinajstić information content (AvgIpc) is 2.57. The largest absolute Gasteiger partial charge is 0.325 e. The van der Waals surface area contributed by atoms with Crippen LogP contribution in [0.15, 0.2) is 24.3 Å². The van der Waals surface area contributed by atoms with Crippen LogP contribution in [0.4, 0.5) is 5.69 Å². The molecule has 1 fully saturated rings. The first-order valence-electron chi connectivity index (χ1n) is 6.52. The quantitative estimate of drug-likeness (QED) is 0.843. The summed E-state index contributed by atoms with van der Waals surface area (Å²) < 4.78 is 1.14. The van der Waals surface area contributed by atoms with Crippen molar-refractivity contribution >= 4 is 34.2 Å². The van der Waals surface area contributed by atoms with E-state index in [2.05, 4.69) is 32.8 Å². The molecule has 98 valence electrons. The molecule has 3 nitrogen and oxygen atoms in total. The van der Waals surface area contributed by atoms with Crippen molar-refractivity contribution in [3.05, 3.63) is 27.8 Å². The third kappa shape index (κ3) is 4.57. The number of anilines is 1. The maximum absolute atomic E-state index is 11.9. The summed E-state index contributed by atoms with van der Waals surface area (Å²) in [6.45, 7) is 2.63. The predicted molar refractivity (Wildman–Crippen MR) is 82.7 cm³/mol. The summed E-state index contributed by atoms with van der Waals surface area (Å²) >= 11 is 2.25. The molecule has 1 aliphatic rings. The van der Waals surface area contributed by atoms with Crippen LogP contribution in [0.2, 0.25) is 0 Å². The van der Waals surface area contributed by atoms with Crippen molar-refractivity contribution in [2.75, 3.05) is 25.0 Å². The van der Waals surface area contributed by atoms with Crippen LogP contribution in [-0.4, -0.2) is 30.4 Å². The van der Waals surface area contributed by atoms with Crippen LogP contribution in [0.5, 0.6) is 0 Å². The van der Waals surface area contributed by atoms with Crippen LogP contribution < -0.4 is 5.32 Å². The molecular weight excluding hydrogens is 339 g/mol. The molecule has 1 aromatic carbocycles. The van der Waals surface area contributed by atoms with Gasteiger partial charge in [0.05, 0.1) is 6.54 Å². The Morgan fingerprint density at radius 2 is 1.94 bits per heavy atom. The highest BCUT2D eigenvalue weighted by Gasteiger charge is 2.12. The molecule has 1 N–H and O–H groups in total. The molecule has 18 heavy (non-hydrogen) atoms. The van der Waals surface area contributed by atoms with Crippen LogP contribution in [0, 0.1) is 3.57 Å². The van der Waals surface area contributed by atoms with Gasteiger partial charge in [-0.25, -0.2) is 0 Å². The summed E-state index contributed by atoms with van der Waals surface area (Å²) in [5, 5.41) is 2.97. The van der Waals surface area contributed by atoms with Crippen molar-refractivity contribution in [2.45, 2.75) is 25.7 Å². The summed E-state index contributed by atoms with van der Waals surface area (Å²) in [4.78, 5) is 14.2. The number of likely N-dealkylation sites (tertiary alicyclic amines) is 1. The number of amides is 1. The van der Waals surface area contributed by atoms with E-state index in [4.69, 9.17) is 0 Å². The summed E-state index contributed by atoms with van der Waals surface area (Å²) in [7, 11) is 0. The zero-order valence-electron chi connectivity index (χ0n) is 10.5. The van der Waals surface area contributed by atoms with E-state index in [9.17, 15) is 4.79 Å². The van der Waals surface area contributed by atoms with Gasteiger partial charge in [-0.3, -0.25) is 9.69 Å². The Hall–Kier alpha value is -0.620. The molecule has 1 saturated heterocycles. The molecule has 0 saturated carbocycles. The van der Waals surface area contributed by atoms with Gasteiger partial charge in [-0.15, -0.1) is 0 Å². The van der Waals surface area contributed by atoms with Gasteiger partial charge in [0.15, 0.2) is 0 Å². The molecule has 1 aromatic rings. The van der Waals surface area contributed by atoms with E-state index in [-0.39, 0.29) is 5.91 Å². The van der Waals surface area contributed by atoms with Crippen LogP contribution in [0.1, 0.15) is 25.7 Å². The molecule has 0 radical (unpaired) electrons. The topological polar surface area (TPSA) is 32.3 Å².